The zero-order valence-corrected chi connectivity index (χ0v) is 7.88. The minimum absolute atomic E-state index is 0.297. The van der Waals surface area contributed by atoms with Gasteiger partial charge in [0.1, 0.15) is 16.7 Å². The van der Waals surface area contributed by atoms with E-state index in [1.807, 2.05) is 0 Å². The summed E-state index contributed by atoms with van der Waals surface area (Å²) >= 11 is 6.54. The molecule has 0 unspecified atom stereocenters. The zero-order valence-electron chi connectivity index (χ0n) is 4.97. The van der Waals surface area contributed by atoms with Crippen LogP contribution in [0.5, 0.6) is 0 Å². The molecule has 5 heteroatoms. The molecule has 1 rings (SSSR count). The van der Waals surface area contributed by atoms with Crippen molar-refractivity contribution < 1.29 is 13.2 Å². The third-order valence-corrected chi connectivity index (χ3v) is 2.39. The smallest absolute Gasteiger partial charge is 0.161 e. The predicted molar refractivity (Wildman–Crippen MR) is 44.0 cm³/mol. The highest BCUT2D eigenvalue weighted by Crippen LogP contribution is 2.25. The highest BCUT2D eigenvalue weighted by molar-refractivity contribution is 14.1. The maximum absolute atomic E-state index is 12.6. The fourth-order valence-electron chi connectivity index (χ4n) is 0.544. The number of hydrogen-bond donors (Lipinski definition) is 0. The average molecular weight is 292 g/mol. The molecule has 0 aliphatic rings. The van der Waals surface area contributed by atoms with E-state index < -0.39 is 22.5 Å². The van der Waals surface area contributed by atoms with Crippen molar-refractivity contribution in [1.82, 2.24) is 0 Å². The van der Waals surface area contributed by atoms with Crippen LogP contribution < -0.4 is 0 Å². The summed E-state index contributed by atoms with van der Waals surface area (Å²) in [6.45, 7) is 0. The van der Waals surface area contributed by atoms with Crippen LogP contribution in [0, 0.1) is 21.0 Å². The largest absolute Gasteiger partial charge is 0.206 e. The van der Waals surface area contributed by atoms with E-state index in [9.17, 15) is 13.2 Å². The van der Waals surface area contributed by atoms with Crippen LogP contribution in [-0.4, -0.2) is 0 Å². The molecule has 0 heterocycles. The van der Waals surface area contributed by atoms with Crippen molar-refractivity contribution >= 4 is 34.2 Å². The Bertz CT molecular complexity index is 274. The first-order chi connectivity index (χ1) is 5.04. The summed E-state index contributed by atoms with van der Waals surface area (Å²) in [6, 6.07) is 0.549. The zero-order chi connectivity index (χ0) is 8.59. The fraction of sp³-hybridized carbons (Fsp3) is 0. The molecular formula is C6HClF3I. The van der Waals surface area contributed by atoms with Crippen molar-refractivity contribution in [3.8, 4) is 0 Å². The molecule has 60 valence electrons. The van der Waals surface area contributed by atoms with Crippen LogP contribution in [0.25, 0.3) is 0 Å². The Balaban J connectivity index is 3.46. The lowest BCUT2D eigenvalue weighted by molar-refractivity contribution is 0.534. The second-order valence-electron chi connectivity index (χ2n) is 1.78. The number of benzene rings is 1. The summed E-state index contributed by atoms with van der Waals surface area (Å²) in [5.74, 6) is -3.07. The normalized spacial score (nSPS) is 10.3. The van der Waals surface area contributed by atoms with Gasteiger partial charge in [-0.1, -0.05) is 11.6 Å². The van der Waals surface area contributed by atoms with Crippen molar-refractivity contribution in [3.63, 3.8) is 0 Å². The minimum atomic E-state index is -1.08. The van der Waals surface area contributed by atoms with E-state index in [0.717, 1.165) is 0 Å². The molecule has 0 radical (unpaired) electrons. The van der Waals surface area contributed by atoms with Crippen molar-refractivity contribution in [1.29, 1.82) is 0 Å². The monoisotopic (exact) mass is 292 g/mol. The Morgan fingerprint density at radius 1 is 1.18 bits per heavy atom. The molecule has 0 atom stereocenters. The van der Waals surface area contributed by atoms with E-state index in [-0.39, 0.29) is 3.57 Å². The van der Waals surface area contributed by atoms with Gasteiger partial charge in [0.25, 0.3) is 0 Å². The SMILES string of the molecule is Fc1cc(F)c(I)c(F)c1Cl. The van der Waals surface area contributed by atoms with Gasteiger partial charge >= 0.3 is 0 Å². The van der Waals surface area contributed by atoms with Crippen molar-refractivity contribution in [2.45, 2.75) is 0 Å². The van der Waals surface area contributed by atoms with Crippen LogP contribution in [-0.2, 0) is 0 Å². The molecule has 0 aliphatic heterocycles. The van der Waals surface area contributed by atoms with Gasteiger partial charge in [0.2, 0.25) is 0 Å². The van der Waals surface area contributed by atoms with Crippen molar-refractivity contribution in [2.24, 2.45) is 0 Å². The molecule has 0 spiro atoms. The Morgan fingerprint density at radius 3 is 2.27 bits per heavy atom. The van der Waals surface area contributed by atoms with Gasteiger partial charge in [0.15, 0.2) is 5.82 Å². The van der Waals surface area contributed by atoms with E-state index in [1.54, 1.807) is 0 Å². The predicted octanol–water partition coefficient (Wildman–Crippen LogP) is 3.36. The summed E-state index contributed by atoms with van der Waals surface area (Å²) in [6.07, 6.45) is 0. The van der Waals surface area contributed by atoms with Gasteiger partial charge in [0, 0.05) is 6.07 Å². The van der Waals surface area contributed by atoms with E-state index in [2.05, 4.69) is 0 Å². The molecule has 0 saturated carbocycles. The van der Waals surface area contributed by atoms with E-state index in [4.69, 9.17) is 11.6 Å². The third-order valence-electron chi connectivity index (χ3n) is 1.06. The van der Waals surface area contributed by atoms with E-state index >= 15 is 0 Å². The van der Waals surface area contributed by atoms with Crippen molar-refractivity contribution in [3.05, 3.63) is 32.1 Å². The summed E-state index contributed by atoms with van der Waals surface area (Å²) < 4.78 is 37.2. The highest BCUT2D eigenvalue weighted by Gasteiger charge is 2.14. The highest BCUT2D eigenvalue weighted by atomic mass is 127. The molecule has 11 heavy (non-hydrogen) atoms. The molecule has 0 aliphatic carbocycles. The molecule has 0 nitrogen and oxygen atoms in total. The second kappa shape index (κ2) is 3.18. The number of halogens is 5. The van der Waals surface area contributed by atoms with Crippen LogP contribution >= 0.6 is 34.2 Å². The Kier molecular flexibility index (Phi) is 2.64. The first kappa shape index (κ1) is 9.12. The summed E-state index contributed by atoms with van der Waals surface area (Å²) in [5.41, 5.74) is 0. The number of rotatable bonds is 0. The van der Waals surface area contributed by atoms with Gasteiger partial charge in [-0.15, -0.1) is 0 Å². The van der Waals surface area contributed by atoms with Gasteiger partial charge in [0.05, 0.1) is 3.57 Å². The minimum Gasteiger partial charge on any atom is -0.206 e. The fourth-order valence-corrected chi connectivity index (χ4v) is 1.28. The van der Waals surface area contributed by atoms with Crippen LogP contribution in [0.3, 0.4) is 0 Å². The second-order valence-corrected chi connectivity index (χ2v) is 3.24. The summed E-state index contributed by atoms with van der Waals surface area (Å²) in [5, 5.41) is -0.671. The molecule has 0 amide bonds. The maximum Gasteiger partial charge on any atom is 0.161 e. The van der Waals surface area contributed by atoms with Gasteiger partial charge < -0.3 is 0 Å². The van der Waals surface area contributed by atoms with Crippen LogP contribution in [0.15, 0.2) is 6.07 Å². The van der Waals surface area contributed by atoms with Gasteiger partial charge in [-0.25, -0.2) is 13.2 Å². The molecular weight excluding hydrogens is 291 g/mol. The van der Waals surface area contributed by atoms with E-state index in [1.165, 1.54) is 22.6 Å². The lowest BCUT2D eigenvalue weighted by atomic mass is 10.3. The standard InChI is InChI=1S/C6HClF3I/c7-4-2(8)1-3(9)6(11)5(4)10/h1H. The molecule has 0 N–H and O–H groups in total. The Morgan fingerprint density at radius 2 is 1.73 bits per heavy atom. The molecule has 0 bridgehead atoms. The summed E-state index contributed by atoms with van der Waals surface area (Å²) in [4.78, 5) is 0. The van der Waals surface area contributed by atoms with Crippen LogP contribution in [0.4, 0.5) is 13.2 Å². The topological polar surface area (TPSA) is 0 Å². The van der Waals surface area contributed by atoms with Gasteiger partial charge in [-0.3, -0.25) is 0 Å². The lowest BCUT2D eigenvalue weighted by Gasteiger charge is -1.99. The molecule has 1 aromatic carbocycles. The molecule has 0 aromatic heterocycles. The quantitative estimate of drug-likeness (QED) is 0.391. The Hall–Kier alpha value is 0.0300. The third kappa shape index (κ3) is 1.61. The van der Waals surface area contributed by atoms with Crippen LogP contribution in [0.1, 0.15) is 0 Å². The first-order valence-electron chi connectivity index (χ1n) is 2.52. The maximum atomic E-state index is 12.6. The Labute approximate surface area is 79.5 Å². The van der Waals surface area contributed by atoms with E-state index in [0.29, 0.717) is 6.07 Å². The summed E-state index contributed by atoms with van der Waals surface area (Å²) in [7, 11) is 0. The first-order valence-corrected chi connectivity index (χ1v) is 3.98. The lowest BCUT2D eigenvalue weighted by Crippen LogP contribution is -1.92. The average Bonchev–Trinajstić information content (AvgIpc) is 1.97. The number of hydrogen-bond acceptors (Lipinski definition) is 0. The molecule has 1 aromatic rings. The van der Waals surface area contributed by atoms with Gasteiger partial charge in [-0.05, 0) is 22.6 Å². The van der Waals surface area contributed by atoms with Crippen molar-refractivity contribution in [2.75, 3.05) is 0 Å². The van der Waals surface area contributed by atoms with Gasteiger partial charge in [-0.2, -0.15) is 0 Å². The van der Waals surface area contributed by atoms with Crippen LogP contribution in [0.2, 0.25) is 5.02 Å². The molecule has 0 fully saturated rings. The molecule has 0 saturated heterocycles.